The van der Waals surface area contributed by atoms with E-state index in [1.165, 1.54) is 4.90 Å². The van der Waals surface area contributed by atoms with Gasteiger partial charge in [0.2, 0.25) is 5.91 Å². The second-order valence-corrected chi connectivity index (χ2v) is 11.6. The molecule has 1 amide bonds. The number of amides is 1. The smallest absolute Gasteiger partial charge is 0.235 e. The van der Waals surface area contributed by atoms with Gasteiger partial charge in [-0.1, -0.05) is 13.3 Å². The average molecular weight is 543 g/mol. The lowest BCUT2D eigenvalue weighted by Gasteiger charge is -2.52. The Balaban J connectivity index is 1.89. The van der Waals surface area contributed by atoms with E-state index in [4.69, 9.17) is 11.5 Å². The minimum atomic E-state index is -2.75. The van der Waals surface area contributed by atoms with Crippen molar-refractivity contribution in [1.82, 2.24) is 4.90 Å². The van der Waals surface area contributed by atoms with E-state index >= 15 is 0 Å². The molecule has 0 saturated heterocycles. The van der Waals surface area contributed by atoms with Gasteiger partial charge in [0, 0.05) is 24.2 Å². The van der Waals surface area contributed by atoms with Crippen molar-refractivity contribution in [2.45, 2.75) is 64.1 Å². The zero-order chi connectivity index (χ0) is 29.1. The number of carbonyl (C=O) groups is 5. The van der Waals surface area contributed by atoms with Crippen LogP contribution < -0.4 is 16.4 Å². The summed E-state index contributed by atoms with van der Waals surface area (Å²) in [6.07, 6.45) is 2.03. The van der Waals surface area contributed by atoms with E-state index < -0.39 is 70.1 Å². The maximum atomic E-state index is 14.0. The number of hydrogen-bond donors (Lipinski definition) is 4. The standard InChI is InChI=1S/C28H38N4O7/c1-6-7-8-32(12(2)3)17-11-16(29)22(33)19-14(17)9-13-10-15-21(31(4)5)24(35)20(27(30)38)26(37)28(15,39)25(36)18(13)23(19)34/h11-13,15,18,20-21,33,39H,6-10,29H2,1-5H3,(H2,30,38)/t13?,15?,18?,20?,21-,28-/m0/s1. The topological polar surface area (TPSA) is 184 Å². The fraction of sp³-hybridized carbons (Fsp3) is 0.607. The van der Waals surface area contributed by atoms with Gasteiger partial charge in [-0.2, -0.15) is 0 Å². The van der Waals surface area contributed by atoms with E-state index in [1.54, 1.807) is 20.2 Å². The summed E-state index contributed by atoms with van der Waals surface area (Å²) >= 11 is 0. The first-order chi connectivity index (χ1) is 18.2. The van der Waals surface area contributed by atoms with Crippen LogP contribution in [-0.2, 0) is 25.6 Å². The van der Waals surface area contributed by atoms with Crippen LogP contribution in [0.2, 0.25) is 0 Å². The fourth-order valence-corrected chi connectivity index (χ4v) is 6.91. The number of nitrogens with zero attached hydrogens (tertiary/aromatic N) is 2. The number of nitrogens with two attached hydrogens (primary N) is 2. The first-order valence-electron chi connectivity index (χ1n) is 13.5. The molecule has 6 N–H and O–H groups in total. The molecule has 1 aromatic carbocycles. The first kappa shape index (κ1) is 28.7. The minimum Gasteiger partial charge on any atom is -0.505 e. The highest BCUT2D eigenvalue weighted by molar-refractivity contribution is 6.32. The monoisotopic (exact) mass is 542 g/mol. The first-order valence-corrected chi connectivity index (χ1v) is 13.5. The van der Waals surface area contributed by atoms with Crippen LogP contribution in [0.4, 0.5) is 11.4 Å². The molecule has 11 nitrogen and oxygen atoms in total. The molecule has 212 valence electrons. The summed E-state index contributed by atoms with van der Waals surface area (Å²) in [7, 11) is 3.11. The number of ketones is 4. The lowest BCUT2D eigenvalue weighted by Crippen LogP contribution is -2.74. The second-order valence-electron chi connectivity index (χ2n) is 11.6. The number of anilines is 2. The molecule has 11 heteroatoms. The lowest BCUT2D eigenvalue weighted by atomic mass is 9.52. The Hall–Kier alpha value is -3.31. The normalized spacial score (nSPS) is 30.3. The van der Waals surface area contributed by atoms with Gasteiger partial charge in [0.25, 0.3) is 0 Å². The van der Waals surface area contributed by atoms with E-state index in [0.29, 0.717) is 17.8 Å². The van der Waals surface area contributed by atoms with Gasteiger partial charge in [-0.25, -0.2) is 0 Å². The van der Waals surface area contributed by atoms with Crippen molar-refractivity contribution in [1.29, 1.82) is 0 Å². The highest BCUT2D eigenvalue weighted by atomic mass is 16.3. The summed E-state index contributed by atoms with van der Waals surface area (Å²) in [6, 6.07) is 0.558. The number of hydrogen-bond acceptors (Lipinski definition) is 10. The number of Topliss-reactive ketones (excluding diaryl/α,β-unsaturated/α-hetero) is 4. The van der Waals surface area contributed by atoms with Crippen molar-refractivity contribution in [2.75, 3.05) is 31.3 Å². The van der Waals surface area contributed by atoms with E-state index in [1.807, 2.05) is 13.8 Å². The summed E-state index contributed by atoms with van der Waals surface area (Å²) in [5.74, 6) is -10.8. The fourth-order valence-electron chi connectivity index (χ4n) is 6.91. The zero-order valence-electron chi connectivity index (χ0n) is 23.1. The van der Waals surface area contributed by atoms with E-state index in [9.17, 15) is 34.2 Å². The number of rotatable bonds is 7. The SMILES string of the molecule is CCCCN(c1cc(N)c(O)c2c1CC1CC3[C@H](N(C)C)C(=O)C(C(N)=O)C(=O)[C@@]3(O)C(=O)C1C2=O)C(C)C. The number of phenolic OH excluding ortho intramolecular Hbond substituents is 1. The third-order valence-electron chi connectivity index (χ3n) is 8.75. The lowest BCUT2D eigenvalue weighted by molar-refractivity contribution is -0.181. The largest absolute Gasteiger partial charge is 0.505 e. The number of aromatic hydroxyl groups is 1. The van der Waals surface area contributed by atoms with Gasteiger partial charge in [0.15, 0.2) is 34.7 Å². The molecule has 6 atom stereocenters. The molecular formula is C28H38N4O7. The second kappa shape index (κ2) is 10.0. The van der Waals surface area contributed by atoms with Gasteiger partial charge in [-0.15, -0.1) is 0 Å². The minimum absolute atomic E-state index is 0.00507. The Labute approximate surface area is 227 Å². The average Bonchev–Trinajstić information content (AvgIpc) is 2.83. The maximum absolute atomic E-state index is 14.0. The third-order valence-corrected chi connectivity index (χ3v) is 8.75. The van der Waals surface area contributed by atoms with Crippen molar-refractivity contribution in [3.05, 3.63) is 17.2 Å². The number of phenols is 1. The molecule has 1 aromatic rings. The number of benzene rings is 1. The Kier molecular flexibility index (Phi) is 7.37. The number of likely N-dealkylation sites (N-methyl/N-ethyl adjacent to an activating group) is 1. The Morgan fingerprint density at radius 3 is 2.36 bits per heavy atom. The molecule has 4 unspecified atom stereocenters. The third kappa shape index (κ3) is 4.13. The van der Waals surface area contributed by atoms with Gasteiger partial charge < -0.3 is 26.6 Å². The number of aliphatic hydroxyl groups is 1. The van der Waals surface area contributed by atoms with Crippen LogP contribution in [-0.4, -0.2) is 82.5 Å². The maximum Gasteiger partial charge on any atom is 0.235 e. The van der Waals surface area contributed by atoms with Crippen LogP contribution in [0.15, 0.2) is 6.07 Å². The van der Waals surface area contributed by atoms with Crippen LogP contribution in [0.3, 0.4) is 0 Å². The van der Waals surface area contributed by atoms with Crippen molar-refractivity contribution in [3.8, 4) is 5.75 Å². The number of fused-ring (bicyclic) bond motifs is 3. The van der Waals surface area contributed by atoms with Crippen molar-refractivity contribution in [2.24, 2.45) is 29.4 Å². The van der Waals surface area contributed by atoms with Gasteiger partial charge in [0.05, 0.1) is 23.2 Å². The zero-order valence-corrected chi connectivity index (χ0v) is 23.1. The Bertz CT molecular complexity index is 1260. The summed E-state index contributed by atoms with van der Waals surface area (Å²) in [4.78, 5) is 70.2. The van der Waals surface area contributed by atoms with Crippen LogP contribution in [0.5, 0.6) is 5.75 Å². The highest BCUT2D eigenvalue weighted by Crippen LogP contribution is 2.52. The van der Waals surface area contributed by atoms with Gasteiger partial charge in [0.1, 0.15) is 5.75 Å². The number of carbonyl (C=O) groups excluding carboxylic acids is 5. The number of primary amides is 1. The highest BCUT2D eigenvalue weighted by Gasteiger charge is 2.69. The van der Waals surface area contributed by atoms with Gasteiger partial charge in [-0.3, -0.25) is 28.9 Å². The van der Waals surface area contributed by atoms with Crippen molar-refractivity contribution in [3.63, 3.8) is 0 Å². The van der Waals surface area contributed by atoms with Crippen molar-refractivity contribution >= 4 is 40.4 Å². The van der Waals surface area contributed by atoms with Gasteiger partial charge >= 0.3 is 0 Å². The van der Waals surface area contributed by atoms with Crippen LogP contribution in [0, 0.1) is 23.7 Å². The van der Waals surface area contributed by atoms with Gasteiger partial charge in [-0.05, 0) is 64.8 Å². The van der Waals surface area contributed by atoms with Crippen LogP contribution >= 0.6 is 0 Å². The molecule has 2 saturated carbocycles. The molecule has 0 radical (unpaired) electrons. The Morgan fingerprint density at radius 2 is 1.82 bits per heavy atom. The molecule has 3 aliphatic rings. The predicted molar refractivity (Wildman–Crippen MR) is 143 cm³/mol. The van der Waals surface area contributed by atoms with Crippen molar-refractivity contribution < 1.29 is 34.2 Å². The molecule has 0 heterocycles. The molecule has 0 bridgehead atoms. The Morgan fingerprint density at radius 1 is 1.18 bits per heavy atom. The molecular weight excluding hydrogens is 504 g/mol. The molecule has 0 spiro atoms. The molecule has 3 aliphatic carbocycles. The predicted octanol–water partition coefficient (Wildman–Crippen LogP) is 0.464. The quantitative estimate of drug-likeness (QED) is 0.214. The van der Waals surface area contributed by atoms with E-state index in [-0.39, 0.29) is 30.1 Å². The number of nitrogen functional groups attached to an aromatic ring is 1. The van der Waals surface area contributed by atoms with Crippen LogP contribution in [0.25, 0.3) is 0 Å². The summed E-state index contributed by atoms with van der Waals surface area (Å²) in [5, 5.41) is 22.6. The van der Waals surface area contributed by atoms with E-state index in [0.717, 1.165) is 12.8 Å². The molecule has 4 rings (SSSR count). The van der Waals surface area contributed by atoms with Crippen LogP contribution in [0.1, 0.15) is 56.0 Å². The summed E-state index contributed by atoms with van der Waals surface area (Å²) in [5.41, 5.74) is 9.90. The van der Waals surface area contributed by atoms with E-state index in [2.05, 4.69) is 11.8 Å². The molecule has 0 aliphatic heterocycles. The summed E-state index contributed by atoms with van der Waals surface area (Å²) < 4.78 is 0. The summed E-state index contributed by atoms with van der Waals surface area (Å²) in [6.45, 7) is 6.78. The molecule has 0 aromatic heterocycles. The number of unbranched alkanes of at least 4 members (excludes halogenated alkanes) is 1. The molecule has 2 fully saturated rings. The molecule has 39 heavy (non-hydrogen) atoms.